The quantitative estimate of drug-likeness (QED) is 0.896. The van der Waals surface area contributed by atoms with Crippen LogP contribution in [0.4, 0.5) is 13.2 Å². The number of halogens is 4. The Balaban J connectivity index is 3.61. The van der Waals surface area contributed by atoms with Crippen molar-refractivity contribution >= 4 is 17.6 Å². The Morgan fingerprint density at radius 3 is 2.00 bits per heavy atom. The molecule has 3 nitrogen and oxygen atoms in total. The second kappa shape index (κ2) is 5.26. The summed E-state index contributed by atoms with van der Waals surface area (Å²) in [5.74, 6) is -1.75. The van der Waals surface area contributed by atoms with Gasteiger partial charge in [0, 0.05) is 5.02 Å². The summed E-state index contributed by atoms with van der Waals surface area (Å²) in [5.41, 5.74) is -6.08. The monoisotopic (exact) mass is 310 g/mol. The van der Waals surface area contributed by atoms with Crippen LogP contribution in [-0.4, -0.2) is 28.0 Å². The third-order valence-electron chi connectivity index (χ3n) is 3.62. The van der Waals surface area contributed by atoms with Gasteiger partial charge in [-0.25, -0.2) is 0 Å². The molecule has 1 aromatic carbocycles. The minimum atomic E-state index is -5.10. The van der Waals surface area contributed by atoms with E-state index < -0.39 is 29.6 Å². The number of benzene rings is 1. The lowest BCUT2D eigenvalue weighted by molar-refractivity contribution is -0.279. The molecule has 20 heavy (non-hydrogen) atoms. The average Bonchev–Trinajstić information content (AvgIpc) is 2.30. The molecule has 1 rings (SSSR count). The van der Waals surface area contributed by atoms with Crippen molar-refractivity contribution in [3.8, 4) is 0 Å². The Labute approximate surface area is 119 Å². The number of rotatable bonds is 4. The lowest BCUT2D eigenvalue weighted by Gasteiger charge is -2.42. The van der Waals surface area contributed by atoms with Crippen LogP contribution in [0, 0.1) is 0 Å². The van der Waals surface area contributed by atoms with E-state index in [2.05, 4.69) is 0 Å². The predicted octanol–water partition coefficient (Wildman–Crippen LogP) is 3.39. The third kappa shape index (κ3) is 2.38. The lowest BCUT2D eigenvalue weighted by Crippen LogP contribution is -2.62. The van der Waals surface area contributed by atoms with Crippen LogP contribution in [0.1, 0.15) is 25.8 Å². The second-order valence-electron chi connectivity index (χ2n) is 4.64. The molecule has 0 aliphatic rings. The zero-order chi connectivity index (χ0) is 15.8. The molecule has 2 atom stereocenters. The molecule has 0 amide bonds. The van der Waals surface area contributed by atoms with Gasteiger partial charge in [-0.15, -0.1) is 0 Å². The summed E-state index contributed by atoms with van der Waals surface area (Å²) >= 11 is 5.66. The molecule has 0 aromatic heterocycles. The number of hydrogen-bond donors (Lipinski definition) is 2. The van der Waals surface area contributed by atoms with E-state index in [0.717, 1.165) is 0 Å². The van der Waals surface area contributed by atoms with Gasteiger partial charge in [-0.05, 0) is 31.0 Å². The highest BCUT2D eigenvalue weighted by molar-refractivity contribution is 6.30. The molecule has 0 fully saturated rings. The van der Waals surface area contributed by atoms with E-state index in [1.807, 2.05) is 0 Å². The van der Waals surface area contributed by atoms with Gasteiger partial charge in [0.2, 0.25) is 0 Å². The van der Waals surface area contributed by atoms with Crippen LogP contribution in [0.5, 0.6) is 0 Å². The van der Waals surface area contributed by atoms with Crippen LogP contribution in [0.3, 0.4) is 0 Å². The zero-order valence-corrected chi connectivity index (χ0v) is 11.6. The van der Waals surface area contributed by atoms with E-state index in [9.17, 15) is 28.2 Å². The van der Waals surface area contributed by atoms with Gasteiger partial charge < -0.3 is 10.2 Å². The van der Waals surface area contributed by atoms with E-state index in [4.69, 9.17) is 11.6 Å². The van der Waals surface area contributed by atoms with Crippen LogP contribution >= 0.6 is 11.6 Å². The molecular weight excluding hydrogens is 297 g/mol. The summed E-state index contributed by atoms with van der Waals surface area (Å²) in [6.45, 7) is 1.75. The second-order valence-corrected chi connectivity index (χ2v) is 5.08. The first-order chi connectivity index (χ1) is 9.00. The highest BCUT2D eigenvalue weighted by Crippen LogP contribution is 2.48. The van der Waals surface area contributed by atoms with Crippen LogP contribution in [0.25, 0.3) is 0 Å². The summed E-state index contributed by atoms with van der Waals surface area (Å²) in [6, 6.07) is 4.94. The fourth-order valence-electron chi connectivity index (χ4n) is 2.29. The van der Waals surface area contributed by atoms with Gasteiger partial charge in [0.05, 0.1) is 0 Å². The fraction of sp³-hybridized carbons (Fsp3) is 0.462. The zero-order valence-electron chi connectivity index (χ0n) is 10.8. The van der Waals surface area contributed by atoms with Crippen molar-refractivity contribution in [1.82, 2.24) is 0 Å². The standard InChI is InChI=1S/C13H14ClF3O3/c1-3-12(10(18)19,11(2,20)13(15,16)17)8-4-6-9(14)7-5-8/h4-7,20H,3H2,1-2H3,(H,18,19). The number of aliphatic carboxylic acids is 1. The van der Waals surface area contributed by atoms with Crippen LogP contribution < -0.4 is 0 Å². The minimum absolute atomic E-state index is 0.153. The summed E-state index contributed by atoms with van der Waals surface area (Å²) in [5, 5.41) is 19.5. The molecule has 0 spiro atoms. The predicted molar refractivity (Wildman–Crippen MR) is 67.7 cm³/mol. The maximum atomic E-state index is 13.1. The Hall–Kier alpha value is -1.27. The maximum Gasteiger partial charge on any atom is 0.418 e. The summed E-state index contributed by atoms with van der Waals surface area (Å²) in [4.78, 5) is 11.5. The average molecular weight is 311 g/mol. The number of alkyl halides is 3. The summed E-state index contributed by atoms with van der Waals surface area (Å²) in [7, 11) is 0. The topological polar surface area (TPSA) is 57.5 Å². The Bertz CT molecular complexity index is 497. The number of carboxylic acids is 1. The van der Waals surface area contributed by atoms with Crippen LogP contribution in [0.15, 0.2) is 24.3 Å². The van der Waals surface area contributed by atoms with E-state index >= 15 is 0 Å². The van der Waals surface area contributed by atoms with Crippen molar-refractivity contribution in [2.24, 2.45) is 0 Å². The van der Waals surface area contributed by atoms with Crippen molar-refractivity contribution in [2.45, 2.75) is 37.5 Å². The van der Waals surface area contributed by atoms with Gasteiger partial charge in [0.25, 0.3) is 0 Å². The van der Waals surface area contributed by atoms with Gasteiger partial charge in [-0.2, -0.15) is 13.2 Å². The number of aliphatic hydroxyl groups is 1. The normalized spacial score (nSPS) is 18.1. The molecule has 7 heteroatoms. The van der Waals surface area contributed by atoms with Crippen molar-refractivity contribution < 1.29 is 28.2 Å². The van der Waals surface area contributed by atoms with E-state index in [0.29, 0.717) is 6.92 Å². The van der Waals surface area contributed by atoms with Crippen molar-refractivity contribution in [2.75, 3.05) is 0 Å². The van der Waals surface area contributed by atoms with Crippen molar-refractivity contribution in [3.63, 3.8) is 0 Å². The van der Waals surface area contributed by atoms with Gasteiger partial charge >= 0.3 is 12.1 Å². The smallest absolute Gasteiger partial charge is 0.418 e. The summed E-state index contributed by atoms with van der Waals surface area (Å²) < 4.78 is 39.3. The Morgan fingerprint density at radius 1 is 1.25 bits per heavy atom. The molecule has 0 saturated heterocycles. The van der Waals surface area contributed by atoms with Crippen molar-refractivity contribution in [1.29, 1.82) is 0 Å². The molecule has 0 saturated carbocycles. The molecule has 112 valence electrons. The highest BCUT2D eigenvalue weighted by atomic mass is 35.5. The van der Waals surface area contributed by atoms with Gasteiger partial charge in [0.1, 0.15) is 5.41 Å². The van der Waals surface area contributed by atoms with Gasteiger partial charge in [0.15, 0.2) is 5.60 Å². The van der Waals surface area contributed by atoms with Crippen molar-refractivity contribution in [3.05, 3.63) is 34.9 Å². The number of hydrogen-bond acceptors (Lipinski definition) is 2. The van der Waals surface area contributed by atoms with Crippen LogP contribution in [0.2, 0.25) is 5.02 Å². The summed E-state index contributed by atoms with van der Waals surface area (Å²) in [6.07, 6.45) is -5.53. The molecule has 0 radical (unpaired) electrons. The molecule has 2 N–H and O–H groups in total. The van der Waals surface area contributed by atoms with Crippen LogP contribution in [-0.2, 0) is 10.2 Å². The van der Waals surface area contributed by atoms with E-state index in [1.54, 1.807) is 0 Å². The van der Waals surface area contributed by atoms with Gasteiger partial charge in [-0.3, -0.25) is 4.79 Å². The number of carbonyl (C=O) groups is 1. The van der Waals surface area contributed by atoms with E-state index in [1.165, 1.54) is 31.2 Å². The SMILES string of the molecule is CCC(C(=O)O)(c1ccc(Cl)cc1)C(C)(O)C(F)(F)F. The first-order valence-electron chi connectivity index (χ1n) is 5.79. The minimum Gasteiger partial charge on any atom is -0.480 e. The molecule has 0 aliphatic carbocycles. The molecule has 1 aromatic rings. The largest absolute Gasteiger partial charge is 0.480 e. The van der Waals surface area contributed by atoms with Gasteiger partial charge in [-0.1, -0.05) is 30.7 Å². The molecule has 0 aliphatic heterocycles. The first kappa shape index (κ1) is 16.8. The molecular formula is C13H14ClF3O3. The number of carboxylic acid groups (broad SMARTS) is 1. The lowest BCUT2D eigenvalue weighted by atomic mass is 9.65. The molecule has 0 bridgehead atoms. The van der Waals surface area contributed by atoms with E-state index in [-0.39, 0.29) is 10.6 Å². The molecule has 0 heterocycles. The highest BCUT2D eigenvalue weighted by Gasteiger charge is 2.66. The molecule has 2 unspecified atom stereocenters. The maximum absolute atomic E-state index is 13.1. The Morgan fingerprint density at radius 2 is 1.70 bits per heavy atom. The fourth-order valence-corrected chi connectivity index (χ4v) is 2.41. The third-order valence-corrected chi connectivity index (χ3v) is 3.87. The first-order valence-corrected chi connectivity index (χ1v) is 6.17. The Kier molecular flexibility index (Phi) is 4.41.